The van der Waals surface area contributed by atoms with Crippen molar-refractivity contribution in [3.05, 3.63) is 0 Å². The lowest BCUT2D eigenvalue weighted by molar-refractivity contribution is -0.185. The molecule has 0 aliphatic rings. The van der Waals surface area contributed by atoms with Gasteiger partial charge in [-0.1, -0.05) is 13.8 Å². The van der Waals surface area contributed by atoms with Crippen molar-refractivity contribution in [2.45, 2.75) is 32.9 Å². The second-order valence-corrected chi connectivity index (χ2v) is 3.17. The fourth-order valence-electron chi connectivity index (χ4n) is 1.42. The van der Waals surface area contributed by atoms with Crippen LogP contribution in [0.3, 0.4) is 0 Å². The van der Waals surface area contributed by atoms with Crippen LogP contribution in [0, 0.1) is 0 Å². The molecule has 0 aliphatic heterocycles. The molecule has 0 bridgehead atoms. The minimum absolute atomic E-state index is 0.346. The monoisotopic (exact) mass is 203 g/mol. The number of likely N-dealkylation sites (N-methyl/N-ethyl adjacent to an activating group) is 1. The maximum atomic E-state index is 10.9. The normalized spacial score (nSPS) is 15.2. The topological polar surface area (TPSA) is 77.8 Å². The van der Waals surface area contributed by atoms with Crippen molar-refractivity contribution in [3.8, 4) is 0 Å². The maximum Gasteiger partial charge on any atom is 0.351 e. The molecule has 0 heterocycles. The molecule has 0 saturated heterocycles. The summed E-state index contributed by atoms with van der Waals surface area (Å²) in [7, 11) is 0. The molecule has 0 aliphatic carbocycles. The van der Waals surface area contributed by atoms with Crippen LogP contribution < -0.4 is 0 Å². The highest BCUT2D eigenvalue weighted by atomic mass is 16.4. The third-order valence-electron chi connectivity index (χ3n) is 2.12. The van der Waals surface area contributed by atoms with E-state index in [9.17, 15) is 14.7 Å². The summed E-state index contributed by atoms with van der Waals surface area (Å²) in [6, 6.07) is 0. The van der Waals surface area contributed by atoms with Crippen LogP contribution in [0.5, 0.6) is 0 Å². The Morgan fingerprint density at radius 1 is 1.29 bits per heavy atom. The summed E-state index contributed by atoms with van der Waals surface area (Å²) in [4.78, 5) is 23.1. The highest BCUT2D eigenvalue weighted by molar-refractivity contribution is 5.86. The number of hydrogen-bond donors (Lipinski definition) is 2. The lowest BCUT2D eigenvalue weighted by atomic mass is 10.1. The number of carbonyl (C=O) groups is 2. The quantitative estimate of drug-likeness (QED) is 0.598. The molecule has 5 heteroatoms. The zero-order valence-electron chi connectivity index (χ0n) is 8.78. The average Bonchev–Trinajstić information content (AvgIpc) is 2.04. The summed E-state index contributed by atoms with van der Waals surface area (Å²) in [6.07, 6.45) is -0.385. The summed E-state index contributed by atoms with van der Waals surface area (Å²) < 4.78 is 0. The number of aliphatic carboxylic acids is 1. The van der Waals surface area contributed by atoms with Gasteiger partial charge in [-0.3, -0.25) is 9.69 Å². The standard InChI is InChI=1S/C9H17NO4/c1-4-10(5-2)9(14,8(12)13)6-7(3)11/h14H,4-6H2,1-3H3,(H,12,13). The van der Waals surface area contributed by atoms with E-state index in [2.05, 4.69) is 0 Å². The Bertz CT molecular complexity index is 225. The van der Waals surface area contributed by atoms with E-state index in [-0.39, 0.29) is 12.2 Å². The van der Waals surface area contributed by atoms with E-state index in [4.69, 9.17) is 5.11 Å². The van der Waals surface area contributed by atoms with Crippen LogP contribution in [0.2, 0.25) is 0 Å². The van der Waals surface area contributed by atoms with Gasteiger partial charge >= 0.3 is 5.97 Å². The Morgan fingerprint density at radius 2 is 1.71 bits per heavy atom. The molecule has 0 spiro atoms. The second kappa shape index (κ2) is 5.07. The number of carbonyl (C=O) groups excluding carboxylic acids is 1. The Morgan fingerprint density at radius 3 is 1.93 bits per heavy atom. The Labute approximate surface area is 83.3 Å². The van der Waals surface area contributed by atoms with Gasteiger partial charge < -0.3 is 10.2 Å². The summed E-state index contributed by atoms with van der Waals surface area (Å²) in [5.74, 6) is -1.72. The molecule has 0 fully saturated rings. The molecule has 0 rings (SSSR count). The molecule has 2 N–H and O–H groups in total. The van der Waals surface area contributed by atoms with Gasteiger partial charge in [-0.15, -0.1) is 0 Å². The Hall–Kier alpha value is -0.940. The van der Waals surface area contributed by atoms with Crippen LogP contribution in [-0.4, -0.2) is 45.7 Å². The van der Waals surface area contributed by atoms with E-state index in [1.807, 2.05) is 0 Å². The molecular formula is C9H17NO4. The maximum absolute atomic E-state index is 10.9. The van der Waals surface area contributed by atoms with Crippen LogP contribution in [0.1, 0.15) is 27.2 Å². The van der Waals surface area contributed by atoms with Gasteiger partial charge in [-0.2, -0.15) is 0 Å². The molecule has 0 aromatic rings. The summed E-state index contributed by atoms with van der Waals surface area (Å²) in [6.45, 7) is 5.49. The van der Waals surface area contributed by atoms with Gasteiger partial charge in [0.1, 0.15) is 5.78 Å². The smallest absolute Gasteiger partial charge is 0.351 e. The highest BCUT2D eigenvalue weighted by Crippen LogP contribution is 2.17. The van der Waals surface area contributed by atoms with E-state index >= 15 is 0 Å². The lowest BCUT2D eigenvalue weighted by Crippen LogP contribution is -2.55. The van der Waals surface area contributed by atoms with E-state index in [0.717, 1.165) is 0 Å². The van der Waals surface area contributed by atoms with Gasteiger partial charge in [0.05, 0.1) is 6.42 Å². The largest absolute Gasteiger partial charge is 0.478 e. The number of nitrogens with zero attached hydrogens (tertiary/aromatic N) is 1. The first-order chi connectivity index (χ1) is 6.38. The molecule has 0 saturated carbocycles. The van der Waals surface area contributed by atoms with E-state index in [1.165, 1.54) is 11.8 Å². The van der Waals surface area contributed by atoms with Crippen molar-refractivity contribution in [3.63, 3.8) is 0 Å². The van der Waals surface area contributed by atoms with Gasteiger partial charge in [0.15, 0.2) is 0 Å². The minimum Gasteiger partial charge on any atom is -0.478 e. The Kier molecular flexibility index (Phi) is 4.73. The highest BCUT2D eigenvalue weighted by Gasteiger charge is 2.41. The number of carboxylic acids is 1. The van der Waals surface area contributed by atoms with E-state index in [1.54, 1.807) is 13.8 Å². The Balaban J connectivity index is 4.86. The first-order valence-corrected chi connectivity index (χ1v) is 4.58. The van der Waals surface area contributed by atoms with Crippen LogP contribution >= 0.6 is 0 Å². The zero-order valence-corrected chi connectivity index (χ0v) is 8.78. The summed E-state index contributed by atoms with van der Waals surface area (Å²) in [5.41, 5.74) is -2.06. The molecule has 82 valence electrons. The fraction of sp³-hybridized carbons (Fsp3) is 0.778. The first-order valence-electron chi connectivity index (χ1n) is 4.58. The second-order valence-electron chi connectivity index (χ2n) is 3.17. The van der Waals surface area contributed by atoms with Crippen molar-refractivity contribution in [2.24, 2.45) is 0 Å². The molecule has 14 heavy (non-hydrogen) atoms. The molecule has 1 unspecified atom stereocenters. The van der Waals surface area contributed by atoms with Crippen molar-refractivity contribution in [1.82, 2.24) is 4.90 Å². The van der Waals surface area contributed by atoms with Crippen molar-refractivity contribution in [1.29, 1.82) is 0 Å². The number of ketones is 1. The van der Waals surface area contributed by atoms with Crippen LogP contribution in [-0.2, 0) is 9.59 Å². The minimum atomic E-state index is -2.06. The summed E-state index contributed by atoms with van der Waals surface area (Å²) in [5, 5.41) is 18.7. The van der Waals surface area contributed by atoms with Crippen LogP contribution in [0.25, 0.3) is 0 Å². The van der Waals surface area contributed by atoms with E-state index < -0.39 is 11.7 Å². The number of hydrogen-bond acceptors (Lipinski definition) is 4. The predicted octanol–water partition coefficient (Wildman–Crippen LogP) is 0.0805. The van der Waals surface area contributed by atoms with Gasteiger partial charge in [0, 0.05) is 0 Å². The predicted molar refractivity (Wildman–Crippen MR) is 50.8 cm³/mol. The molecule has 0 aromatic carbocycles. The summed E-state index contributed by atoms with van der Waals surface area (Å²) >= 11 is 0. The molecular weight excluding hydrogens is 186 g/mol. The van der Waals surface area contributed by atoms with Crippen molar-refractivity contribution in [2.75, 3.05) is 13.1 Å². The number of aliphatic hydroxyl groups is 1. The van der Waals surface area contributed by atoms with Gasteiger partial charge in [-0.25, -0.2) is 4.79 Å². The molecule has 0 radical (unpaired) electrons. The zero-order chi connectivity index (χ0) is 11.4. The van der Waals surface area contributed by atoms with Crippen LogP contribution in [0.4, 0.5) is 0 Å². The SMILES string of the molecule is CCN(CC)C(O)(CC(C)=O)C(=O)O. The number of Topliss-reactive ketones (excluding diaryl/α,β-unsaturated/α-hetero) is 1. The lowest BCUT2D eigenvalue weighted by Gasteiger charge is -2.33. The van der Waals surface area contributed by atoms with Gasteiger partial charge in [0.2, 0.25) is 5.72 Å². The first kappa shape index (κ1) is 13.1. The number of rotatable bonds is 6. The van der Waals surface area contributed by atoms with Crippen LogP contribution in [0.15, 0.2) is 0 Å². The third-order valence-corrected chi connectivity index (χ3v) is 2.12. The average molecular weight is 203 g/mol. The van der Waals surface area contributed by atoms with Gasteiger partial charge in [0.25, 0.3) is 0 Å². The molecule has 5 nitrogen and oxygen atoms in total. The molecule has 0 aromatic heterocycles. The molecule has 1 atom stereocenters. The number of carboxylic acid groups (broad SMARTS) is 1. The van der Waals surface area contributed by atoms with Crippen molar-refractivity contribution < 1.29 is 19.8 Å². The van der Waals surface area contributed by atoms with E-state index in [0.29, 0.717) is 13.1 Å². The van der Waals surface area contributed by atoms with Gasteiger partial charge in [-0.05, 0) is 20.0 Å². The molecule has 0 amide bonds. The fourth-order valence-corrected chi connectivity index (χ4v) is 1.42. The van der Waals surface area contributed by atoms with Crippen molar-refractivity contribution >= 4 is 11.8 Å². The third kappa shape index (κ3) is 2.78.